The number of hydrogen-bond acceptors (Lipinski definition) is 4. The molecule has 4 nitrogen and oxygen atoms in total. The second kappa shape index (κ2) is 7.61. The van der Waals surface area contributed by atoms with E-state index >= 15 is 0 Å². The normalized spacial score (nSPS) is 22.8. The summed E-state index contributed by atoms with van der Waals surface area (Å²) < 4.78 is 24.5. The predicted molar refractivity (Wildman–Crippen MR) is 75.0 cm³/mol. The van der Waals surface area contributed by atoms with Crippen LogP contribution < -0.4 is 5.32 Å². The molecule has 6 heteroatoms. The lowest BCUT2D eigenvalue weighted by atomic mass is 10.00. The third kappa shape index (κ3) is 6.08. The van der Waals surface area contributed by atoms with Crippen LogP contribution in [0, 0.1) is 5.92 Å². The minimum atomic E-state index is -3.00. The maximum absolute atomic E-state index is 11.4. The van der Waals surface area contributed by atoms with Crippen LogP contribution in [0.2, 0.25) is 0 Å². The molecule has 0 aromatic rings. The van der Waals surface area contributed by atoms with Crippen LogP contribution in [0.5, 0.6) is 0 Å². The lowest BCUT2D eigenvalue weighted by Gasteiger charge is -2.31. The van der Waals surface area contributed by atoms with E-state index in [9.17, 15) is 8.42 Å². The van der Waals surface area contributed by atoms with Crippen LogP contribution in [-0.4, -0.2) is 57.2 Å². The van der Waals surface area contributed by atoms with Gasteiger partial charge in [-0.1, -0.05) is 0 Å². The molecule has 0 saturated carbocycles. The fraction of sp³-hybridized carbons (Fsp3) is 1.00. The molecule has 0 spiro atoms. The number of hydrogen-bond donors (Lipinski definition) is 1. The summed E-state index contributed by atoms with van der Waals surface area (Å²) in [7, 11) is -3.00. The minimum Gasteiger partial charge on any atom is -0.316 e. The van der Waals surface area contributed by atoms with Crippen molar-refractivity contribution in [2.75, 3.05) is 44.4 Å². The summed E-state index contributed by atoms with van der Waals surface area (Å²) >= 11 is 1.86. The Morgan fingerprint density at radius 1 is 1.47 bits per heavy atom. The highest BCUT2D eigenvalue weighted by Crippen LogP contribution is 2.17. The largest absolute Gasteiger partial charge is 0.316 e. The molecule has 1 saturated heterocycles. The van der Waals surface area contributed by atoms with Crippen molar-refractivity contribution in [2.24, 2.45) is 5.92 Å². The number of rotatable bonds is 7. The Morgan fingerprint density at radius 3 is 2.88 bits per heavy atom. The van der Waals surface area contributed by atoms with E-state index in [1.165, 1.54) is 18.4 Å². The van der Waals surface area contributed by atoms with Gasteiger partial charge in [-0.3, -0.25) is 0 Å². The molecule has 1 N–H and O–H groups in total. The van der Waals surface area contributed by atoms with E-state index in [4.69, 9.17) is 0 Å². The van der Waals surface area contributed by atoms with Crippen molar-refractivity contribution in [3.05, 3.63) is 0 Å². The second-order valence-electron chi connectivity index (χ2n) is 4.68. The highest BCUT2D eigenvalue weighted by Gasteiger charge is 2.25. The Balaban J connectivity index is 2.21. The molecule has 0 aromatic carbocycles. The Labute approximate surface area is 110 Å². The fourth-order valence-electron chi connectivity index (χ4n) is 2.14. The van der Waals surface area contributed by atoms with Gasteiger partial charge in [-0.25, -0.2) is 12.7 Å². The molecule has 1 rings (SSSR count). The molecule has 1 atom stereocenters. The Hall–Kier alpha value is 0.220. The van der Waals surface area contributed by atoms with Crippen LogP contribution in [0.15, 0.2) is 0 Å². The van der Waals surface area contributed by atoms with Crippen molar-refractivity contribution in [1.29, 1.82) is 0 Å². The molecule has 0 aromatic heterocycles. The third-order valence-corrected chi connectivity index (χ3v) is 5.05. The van der Waals surface area contributed by atoms with E-state index in [-0.39, 0.29) is 0 Å². The highest BCUT2D eigenvalue weighted by molar-refractivity contribution is 7.98. The van der Waals surface area contributed by atoms with E-state index in [0.717, 1.165) is 25.9 Å². The van der Waals surface area contributed by atoms with Gasteiger partial charge in [-0.05, 0) is 50.3 Å². The van der Waals surface area contributed by atoms with Gasteiger partial charge >= 0.3 is 0 Å². The van der Waals surface area contributed by atoms with E-state index in [2.05, 4.69) is 11.6 Å². The standard InChI is InChI=1S/C11H24N2O2S2/c1-16-8-4-6-12-9-11-5-3-7-13(10-11)17(2,14)15/h11-12H,3-10H2,1-2H3. The SMILES string of the molecule is CSCCCNCC1CCCN(S(C)(=O)=O)C1. The Morgan fingerprint density at radius 2 is 2.24 bits per heavy atom. The van der Waals surface area contributed by atoms with Crippen LogP contribution in [0.1, 0.15) is 19.3 Å². The van der Waals surface area contributed by atoms with Gasteiger partial charge in [0.1, 0.15) is 0 Å². The molecule has 1 aliphatic heterocycles. The lowest BCUT2D eigenvalue weighted by Crippen LogP contribution is -2.42. The van der Waals surface area contributed by atoms with Crippen LogP contribution in [0.3, 0.4) is 0 Å². The molecule has 0 aliphatic carbocycles. The third-order valence-electron chi connectivity index (χ3n) is 3.09. The van der Waals surface area contributed by atoms with Crippen LogP contribution in [0.4, 0.5) is 0 Å². The topological polar surface area (TPSA) is 49.4 Å². The average molecular weight is 280 g/mol. The van der Waals surface area contributed by atoms with Gasteiger partial charge in [-0.2, -0.15) is 11.8 Å². The highest BCUT2D eigenvalue weighted by atomic mass is 32.2. The van der Waals surface area contributed by atoms with E-state index in [0.29, 0.717) is 19.0 Å². The molecule has 1 aliphatic rings. The van der Waals surface area contributed by atoms with Crippen molar-refractivity contribution in [1.82, 2.24) is 9.62 Å². The molecular formula is C11H24N2O2S2. The summed E-state index contributed by atoms with van der Waals surface area (Å²) in [5, 5.41) is 3.43. The van der Waals surface area contributed by atoms with E-state index in [1.807, 2.05) is 11.8 Å². The maximum Gasteiger partial charge on any atom is 0.211 e. The molecule has 1 unspecified atom stereocenters. The first-order valence-corrected chi connectivity index (χ1v) is 9.43. The molecule has 17 heavy (non-hydrogen) atoms. The Kier molecular flexibility index (Phi) is 6.84. The zero-order valence-corrected chi connectivity index (χ0v) is 12.4. The molecule has 0 amide bonds. The molecule has 1 heterocycles. The van der Waals surface area contributed by atoms with Crippen LogP contribution in [-0.2, 0) is 10.0 Å². The number of sulfonamides is 1. The van der Waals surface area contributed by atoms with Crippen molar-refractivity contribution in [2.45, 2.75) is 19.3 Å². The first-order chi connectivity index (χ1) is 8.04. The number of piperidine rings is 1. The van der Waals surface area contributed by atoms with Gasteiger partial charge in [0, 0.05) is 13.1 Å². The predicted octanol–water partition coefficient (Wildman–Crippen LogP) is 1.00. The summed E-state index contributed by atoms with van der Waals surface area (Å²) in [5.41, 5.74) is 0. The summed E-state index contributed by atoms with van der Waals surface area (Å²) in [6.07, 6.45) is 6.74. The maximum atomic E-state index is 11.4. The quantitative estimate of drug-likeness (QED) is 0.707. The Bertz CT molecular complexity index is 307. The monoisotopic (exact) mass is 280 g/mol. The van der Waals surface area contributed by atoms with Gasteiger partial charge < -0.3 is 5.32 Å². The zero-order valence-electron chi connectivity index (χ0n) is 10.8. The average Bonchev–Trinajstić information content (AvgIpc) is 2.28. The summed E-state index contributed by atoms with van der Waals surface area (Å²) in [6, 6.07) is 0. The first kappa shape index (κ1) is 15.3. The number of thioether (sulfide) groups is 1. The van der Waals surface area contributed by atoms with Gasteiger partial charge in [0.25, 0.3) is 0 Å². The molecule has 0 radical (unpaired) electrons. The molecule has 102 valence electrons. The summed E-state index contributed by atoms with van der Waals surface area (Å²) in [4.78, 5) is 0. The zero-order chi connectivity index (χ0) is 12.7. The molecular weight excluding hydrogens is 256 g/mol. The van der Waals surface area contributed by atoms with Gasteiger partial charge in [0.05, 0.1) is 6.26 Å². The van der Waals surface area contributed by atoms with Crippen molar-refractivity contribution < 1.29 is 8.42 Å². The first-order valence-electron chi connectivity index (χ1n) is 6.19. The van der Waals surface area contributed by atoms with Crippen LogP contribution in [0.25, 0.3) is 0 Å². The summed E-state index contributed by atoms with van der Waals surface area (Å²) in [6.45, 7) is 3.37. The van der Waals surface area contributed by atoms with Crippen LogP contribution >= 0.6 is 11.8 Å². The summed E-state index contributed by atoms with van der Waals surface area (Å²) in [5.74, 6) is 1.67. The second-order valence-corrected chi connectivity index (χ2v) is 7.65. The van der Waals surface area contributed by atoms with Crippen molar-refractivity contribution in [3.63, 3.8) is 0 Å². The van der Waals surface area contributed by atoms with Crippen molar-refractivity contribution >= 4 is 21.8 Å². The minimum absolute atomic E-state index is 0.479. The lowest BCUT2D eigenvalue weighted by molar-refractivity contribution is 0.261. The number of nitrogens with one attached hydrogen (secondary N) is 1. The van der Waals surface area contributed by atoms with Crippen molar-refractivity contribution in [3.8, 4) is 0 Å². The van der Waals surface area contributed by atoms with Gasteiger partial charge in [-0.15, -0.1) is 0 Å². The fourth-order valence-corrected chi connectivity index (χ4v) is 3.52. The number of nitrogens with zero attached hydrogens (tertiary/aromatic N) is 1. The van der Waals surface area contributed by atoms with Gasteiger partial charge in [0.2, 0.25) is 10.0 Å². The van der Waals surface area contributed by atoms with E-state index in [1.54, 1.807) is 4.31 Å². The molecule has 0 bridgehead atoms. The van der Waals surface area contributed by atoms with E-state index < -0.39 is 10.0 Å². The molecule has 1 fully saturated rings. The van der Waals surface area contributed by atoms with Gasteiger partial charge in [0.15, 0.2) is 0 Å². The smallest absolute Gasteiger partial charge is 0.211 e.